The molecule has 0 radical (unpaired) electrons. The second-order valence-corrected chi connectivity index (χ2v) is 5.06. The minimum atomic E-state index is 0.408. The summed E-state index contributed by atoms with van der Waals surface area (Å²) >= 11 is 0. The minimum Gasteiger partial charge on any atom is -0.369 e. The van der Waals surface area contributed by atoms with Crippen LogP contribution in [0.5, 0.6) is 0 Å². The van der Waals surface area contributed by atoms with Crippen LogP contribution >= 0.6 is 0 Å². The molecule has 4 heteroatoms. The number of anilines is 1. The zero-order valence-corrected chi connectivity index (χ0v) is 10.2. The molecule has 1 fully saturated rings. The van der Waals surface area contributed by atoms with E-state index in [0.717, 1.165) is 18.1 Å². The van der Waals surface area contributed by atoms with E-state index in [9.17, 15) is 0 Å². The number of aryl methyl sites for hydroxylation is 2. The molecule has 0 bridgehead atoms. The summed E-state index contributed by atoms with van der Waals surface area (Å²) in [5, 5.41) is 16.7. The lowest BCUT2D eigenvalue weighted by atomic mass is 9.70. The second kappa shape index (κ2) is 3.82. The van der Waals surface area contributed by atoms with Gasteiger partial charge in [-0.25, -0.2) is 0 Å². The van der Waals surface area contributed by atoms with E-state index >= 15 is 0 Å². The molecule has 1 N–H and O–H groups in total. The predicted molar refractivity (Wildman–Crippen MR) is 63.1 cm³/mol. The maximum absolute atomic E-state index is 9.07. The molecule has 0 atom stereocenters. The molecule has 16 heavy (non-hydrogen) atoms. The largest absolute Gasteiger partial charge is 0.369 e. The Kier molecular flexibility index (Phi) is 2.63. The third-order valence-electron chi connectivity index (χ3n) is 3.58. The van der Waals surface area contributed by atoms with E-state index in [1.165, 1.54) is 19.3 Å². The zero-order chi connectivity index (χ0) is 11.8. The minimum absolute atomic E-state index is 0.408. The Morgan fingerprint density at radius 2 is 2.25 bits per heavy atom. The molecule has 1 aromatic rings. The third kappa shape index (κ3) is 1.78. The van der Waals surface area contributed by atoms with Gasteiger partial charge in [0.15, 0.2) is 0 Å². The predicted octanol–water partition coefficient (Wildman–Crippen LogP) is 2.20. The van der Waals surface area contributed by atoms with Crippen LogP contribution in [0.1, 0.15) is 37.4 Å². The molecule has 1 aromatic heterocycles. The van der Waals surface area contributed by atoms with Gasteiger partial charge in [-0.1, -0.05) is 13.3 Å². The maximum atomic E-state index is 9.07. The monoisotopic (exact) mass is 218 g/mol. The maximum Gasteiger partial charge on any atom is 0.142 e. The third-order valence-corrected chi connectivity index (χ3v) is 3.58. The van der Waals surface area contributed by atoms with E-state index in [4.69, 9.17) is 5.26 Å². The lowest BCUT2D eigenvalue weighted by Crippen LogP contribution is -2.33. The Hall–Kier alpha value is -1.50. The van der Waals surface area contributed by atoms with Crippen LogP contribution in [0, 0.1) is 23.7 Å². The first-order chi connectivity index (χ1) is 7.56. The van der Waals surface area contributed by atoms with E-state index in [-0.39, 0.29) is 0 Å². The van der Waals surface area contributed by atoms with Crippen LogP contribution in [0.25, 0.3) is 0 Å². The van der Waals surface area contributed by atoms with Crippen molar-refractivity contribution >= 4 is 5.82 Å². The van der Waals surface area contributed by atoms with Gasteiger partial charge in [0.25, 0.3) is 0 Å². The highest BCUT2D eigenvalue weighted by molar-refractivity contribution is 5.55. The van der Waals surface area contributed by atoms with Crippen molar-refractivity contribution in [3.8, 4) is 6.07 Å². The SMILES string of the molecule is Cc1nn(C)c(NCC2(C)CCC2)c1C#N. The van der Waals surface area contributed by atoms with Gasteiger partial charge in [0.1, 0.15) is 17.5 Å². The molecule has 0 aliphatic heterocycles. The molecule has 4 nitrogen and oxygen atoms in total. The average molecular weight is 218 g/mol. The topological polar surface area (TPSA) is 53.6 Å². The van der Waals surface area contributed by atoms with Crippen molar-refractivity contribution in [2.45, 2.75) is 33.1 Å². The Labute approximate surface area is 96.3 Å². The highest BCUT2D eigenvalue weighted by Gasteiger charge is 2.31. The Morgan fingerprint density at radius 1 is 1.56 bits per heavy atom. The fourth-order valence-electron chi connectivity index (χ4n) is 2.25. The summed E-state index contributed by atoms with van der Waals surface area (Å²) in [6.07, 6.45) is 3.88. The average Bonchev–Trinajstić information content (AvgIpc) is 2.47. The van der Waals surface area contributed by atoms with Crippen molar-refractivity contribution in [2.24, 2.45) is 12.5 Å². The van der Waals surface area contributed by atoms with Gasteiger partial charge in [-0.3, -0.25) is 4.68 Å². The molecule has 0 aromatic carbocycles. The first-order valence-corrected chi connectivity index (χ1v) is 5.73. The number of nitriles is 1. The molecular weight excluding hydrogens is 200 g/mol. The van der Waals surface area contributed by atoms with Crippen LogP contribution in [-0.2, 0) is 7.05 Å². The molecule has 1 heterocycles. The number of nitrogens with zero attached hydrogens (tertiary/aromatic N) is 3. The van der Waals surface area contributed by atoms with E-state index < -0.39 is 0 Å². The van der Waals surface area contributed by atoms with Crippen LogP contribution in [0.3, 0.4) is 0 Å². The Balaban J connectivity index is 2.12. The summed E-state index contributed by atoms with van der Waals surface area (Å²) in [6, 6.07) is 2.21. The van der Waals surface area contributed by atoms with E-state index in [1.807, 2.05) is 14.0 Å². The molecule has 86 valence electrons. The molecular formula is C12H18N4. The van der Waals surface area contributed by atoms with Crippen LogP contribution < -0.4 is 5.32 Å². The number of nitrogens with one attached hydrogen (secondary N) is 1. The van der Waals surface area contributed by atoms with Crippen LogP contribution in [0.2, 0.25) is 0 Å². The van der Waals surface area contributed by atoms with Gasteiger partial charge in [-0.2, -0.15) is 10.4 Å². The summed E-state index contributed by atoms with van der Waals surface area (Å²) in [5.41, 5.74) is 1.88. The number of hydrogen-bond donors (Lipinski definition) is 1. The summed E-state index contributed by atoms with van der Waals surface area (Å²) in [5.74, 6) is 0.855. The lowest BCUT2D eigenvalue weighted by molar-refractivity contribution is 0.179. The molecule has 0 amide bonds. The summed E-state index contributed by atoms with van der Waals surface area (Å²) in [7, 11) is 1.87. The highest BCUT2D eigenvalue weighted by Crippen LogP contribution is 2.40. The normalized spacial score (nSPS) is 17.6. The van der Waals surface area contributed by atoms with Gasteiger partial charge < -0.3 is 5.32 Å². The lowest BCUT2D eigenvalue weighted by Gasteiger charge is -2.38. The molecule has 1 saturated carbocycles. The van der Waals surface area contributed by atoms with Crippen molar-refractivity contribution < 1.29 is 0 Å². The first-order valence-electron chi connectivity index (χ1n) is 5.73. The number of aromatic nitrogens is 2. The molecule has 0 spiro atoms. The van der Waals surface area contributed by atoms with Gasteiger partial charge in [-0.15, -0.1) is 0 Å². The van der Waals surface area contributed by atoms with Gasteiger partial charge >= 0.3 is 0 Å². The quantitative estimate of drug-likeness (QED) is 0.846. The van der Waals surface area contributed by atoms with Crippen molar-refractivity contribution in [1.82, 2.24) is 9.78 Å². The molecule has 0 unspecified atom stereocenters. The highest BCUT2D eigenvalue weighted by atomic mass is 15.3. The van der Waals surface area contributed by atoms with Crippen molar-refractivity contribution in [3.63, 3.8) is 0 Å². The van der Waals surface area contributed by atoms with E-state index in [1.54, 1.807) is 4.68 Å². The van der Waals surface area contributed by atoms with Crippen molar-refractivity contribution in [3.05, 3.63) is 11.3 Å². The standard InChI is InChI=1S/C12H18N4/c1-9-10(7-13)11(16(3)15-9)14-8-12(2)5-4-6-12/h14H,4-6,8H2,1-3H3. The van der Waals surface area contributed by atoms with Crippen LogP contribution in [-0.4, -0.2) is 16.3 Å². The summed E-state index contributed by atoms with van der Waals surface area (Å²) in [6.45, 7) is 5.09. The first kappa shape index (κ1) is 11.0. The van der Waals surface area contributed by atoms with Gasteiger partial charge in [0.05, 0.1) is 5.69 Å². The van der Waals surface area contributed by atoms with E-state index in [2.05, 4.69) is 23.4 Å². The zero-order valence-electron chi connectivity index (χ0n) is 10.2. The fourth-order valence-corrected chi connectivity index (χ4v) is 2.25. The number of rotatable bonds is 3. The van der Waals surface area contributed by atoms with E-state index in [0.29, 0.717) is 11.0 Å². The molecule has 1 aliphatic carbocycles. The van der Waals surface area contributed by atoms with Crippen molar-refractivity contribution in [2.75, 3.05) is 11.9 Å². The molecule has 1 aliphatic rings. The van der Waals surface area contributed by atoms with Crippen LogP contribution in [0.15, 0.2) is 0 Å². The van der Waals surface area contributed by atoms with Gasteiger partial charge in [0.2, 0.25) is 0 Å². The Bertz CT molecular complexity index is 435. The summed E-state index contributed by atoms with van der Waals surface area (Å²) < 4.78 is 1.76. The van der Waals surface area contributed by atoms with Gasteiger partial charge in [-0.05, 0) is 25.2 Å². The second-order valence-electron chi connectivity index (χ2n) is 5.06. The summed E-state index contributed by atoms with van der Waals surface area (Å²) in [4.78, 5) is 0. The molecule has 2 rings (SSSR count). The number of hydrogen-bond acceptors (Lipinski definition) is 3. The molecule has 0 saturated heterocycles. The van der Waals surface area contributed by atoms with Crippen molar-refractivity contribution in [1.29, 1.82) is 5.26 Å². The smallest absolute Gasteiger partial charge is 0.142 e. The van der Waals surface area contributed by atoms with Gasteiger partial charge in [0, 0.05) is 13.6 Å². The fraction of sp³-hybridized carbons (Fsp3) is 0.667. The van der Waals surface area contributed by atoms with Crippen LogP contribution in [0.4, 0.5) is 5.82 Å². The Morgan fingerprint density at radius 3 is 2.75 bits per heavy atom.